The van der Waals surface area contributed by atoms with Crippen molar-refractivity contribution in [1.29, 1.82) is 0 Å². The average molecular weight is 396 g/mol. The summed E-state index contributed by atoms with van der Waals surface area (Å²) >= 11 is 0. The van der Waals surface area contributed by atoms with Crippen LogP contribution < -0.4 is 9.21 Å². The monoisotopic (exact) mass is 395 g/mol. The van der Waals surface area contributed by atoms with Gasteiger partial charge in [0.2, 0.25) is 15.9 Å². The van der Waals surface area contributed by atoms with Crippen molar-refractivity contribution >= 4 is 27.3 Å². The Morgan fingerprint density at radius 1 is 1.19 bits per heavy atom. The number of benzene rings is 1. The molecule has 6 nitrogen and oxygen atoms in total. The molecule has 0 aliphatic carbocycles. The summed E-state index contributed by atoms with van der Waals surface area (Å²) in [6, 6.07) is 7.50. The molecule has 0 spiro atoms. The molecular weight excluding hydrogens is 362 g/mol. The SMILES string of the molecule is CCCCN(C)C(=O)CN(c1ccc(N2CCC(C)CC2)cc1)S(C)(=O)=O. The topological polar surface area (TPSA) is 60.9 Å². The number of piperidine rings is 1. The van der Waals surface area contributed by atoms with Crippen LogP contribution in [0.3, 0.4) is 0 Å². The molecule has 1 heterocycles. The van der Waals surface area contributed by atoms with Crippen LogP contribution in [0.15, 0.2) is 24.3 Å². The highest BCUT2D eigenvalue weighted by molar-refractivity contribution is 7.92. The fourth-order valence-electron chi connectivity index (χ4n) is 3.26. The van der Waals surface area contributed by atoms with Crippen LogP contribution in [-0.2, 0) is 14.8 Å². The summed E-state index contributed by atoms with van der Waals surface area (Å²) in [5.41, 5.74) is 1.63. The Morgan fingerprint density at radius 3 is 2.30 bits per heavy atom. The molecule has 27 heavy (non-hydrogen) atoms. The van der Waals surface area contributed by atoms with E-state index in [9.17, 15) is 13.2 Å². The molecule has 1 fully saturated rings. The molecule has 1 aromatic carbocycles. The zero-order chi connectivity index (χ0) is 20.0. The smallest absolute Gasteiger partial charge is 0.243 e. The van der Waals surface area contributed by atoms with Gasteiger partial charge in [-0.2, -0.15) is 0 Å². The largest absolute Gasteiger partial charge is 0.372 e. The molecule has 1 amide bonds. The van der Waals surface area contributed by atoms with Crippen molar-refractivity contribution in [3.63, 3.8) is 0 Å². The van der Waals surface area contributed by atoms with E-state index in [2.05, 4.69) is 18.7 Å². The first-order chi connectivity index (χ1) is 12.7. The summed E-state index contributed by atoms with van der Waals surface area (Å²) in [5.74, 6) is 0.569. The molecule has 1 aromatic rings. The molecule has 0 bridgehead atoms. The molecular formula is C20H33N3O3S. The Hall–Kier alpha value is -1.76. The van der Waals surface area contributed by atoms with Gasteiger partial charge < -0.3 is 9.80 Å². The highest BCUT2D eigenvalue weighted by atomic mass is 32.2. The van der Waals surface area contributed by atoms with Crippen molar-refractivity contribution in [2.75, 3.05) is 48.7 Å². The van der Waals surface area contributed by atoms with Crippen LogP contribution in [0.25, 0.3) is 0 Å². The molecule has 0 N–H and O–H groups in total. The molecule has 152 valence electrons. The number of anilines is 2. The Labute approximate surface area is 164 Å². The number of sulfonamides is 1. The van der Waals surface area contributed by atoms with Crippen LogP contribution in [0.2, 0.25) is 0 Å². The summed E-state index contributed by atoms with van der Waals surface area (Å²) in [6.07, 6.45) is 5.40. The number of unbranched alkanes of at least 4 members (excludes halogenated alkanes) is 1. The number of hydrogen-bond donors (Lipinski definition) is 0. The minimum absolute atomic E-state index is 0.167. The normalized spacial score (nSPS) is 15.6. The maximum Gasteiger partial charge on any atom is 0.243 e. The maximum absolute atomic E-state index is 12.4. The summed E-state index contributed by atoms with van der Waals surface area (Å²) in [4.78, 5) is 16.4. The second kappa shape index (κ2) is 9.44. The van der Waals surface area contributed by atoms with E-state index in [-0.39, 0.29) is 12.5 Å². The van der Waals surface area contributed by atoms with E-state index < -0.39 is 10.0 Å². The lowest BCUT2D eigenvalue weighted by Crippen LogP contribution is -2.41. The predicted octanol–water partition coefficient (Wildman–Crippen LogP) is 2.95. The van der Waals surface area contributed by atoms with Crippen LogP contribution in [0.5, 0.6) is 0 Å². The first-order valence-electron chi connectivity index (χ1n) is 9.79. The van der Waals surface area contributed by atoms with Crippen molar-refractivity contribution in [2.45, 2.75) is 39.5 Å². The summed E-state index contributed by atoms with van der Waals surface area (Å²) in [6.45, 7) is 6.86. The quantitative estimate of drug-likeness (QED) is 0.679. The number of rotatable bonds is 8. The Balaban J connectivity index is 2.11. The molecule has 0 saturated carbocycles. The van der Waals surface area contributed by atoms with Gasteiger partial charge in [0, 0.05) is 32.4 Å². The second-order valence-corrected chi connectivity index (χ2v) is 9.53. The highest BCUT2D eigenvalue weighted by Crippen LogP contribution is 2.26. The third kappa shape index (κ3) is 6.13. The Morgan fingerprint density at radius 2 is 1.78 bits per heavy atom. The first kappa shape index (κ1) is 21.5. The molecule has 0 atom stereocenters. The number of likely N-dealkylation sites (N-methyl/N-ethyl adjacent to an activating group) is 1. The van der Waals surface area contributed by atoms with Crippen molar-refractivity contribution in [2.24, 2.45) is 5.92 Å². The number of carbonyl (C=O) groups excluding carboxylic acids is 1. The van der Waals surface area contributed by atoms with Crippen LogP contribution in [0, 0.1) is 5.92 Å². The number of hydrogen-bond acceptors (Lipinski definition) is 4. The average Bonchev–Trinajstić information content (AvgIpc) is 2.64. The summed E-state index contributed by atoms with van der Waals surface area (Å²) in [5, 5.41) is 0. The first-order valence-corrected chi connectivity index (χ1v) is 11.6. The van der Waals surface area contributed by atoms with Gasteiger partial charge >= 0.3 is 0 Å². The number of amides is 1. The predicted molar refractivity (Wildman–Crippen MR) is 112 cm³/mol. The van der Waals surface area contributed by atoms with E-state index in [4.69, 9.17) is 0 Å². The van der Waals surface area contributed by atoms with Crippen LogP contribution >= 0.6 is 0 Å². The lowest BCUT2D eigenvalue weighted by atomic mass is 9.99. The van der Waals surface area contributed by atoms with Gasteiger partial charge in [-0.25, -0.2) is 8.42 Å². The lowest BCUT2D eigenvalue weighted by Gasteiger charge is -2.32. The molecule has 0 unspecified atom stereocenters. The van der Waals surface area contributed by atoms with Gasteiger partial charge in [-0.3, -0.25) is 9.10 Å². The Bertz CT molecular complexity index is 710. The molecule has 0 radical (unpaired) electrons. The number of carbonyl (C=O) groups is 1. The van der Waals surface area contributed by atoms with E-state index in [0.29, 0.717) is 12.2 Å². The van der Waals surface area contributed by atoms with Gasteiger partial charge in [0.1, 0.15) is 6.54 Å². The minimum atomic E-state index is -3.54. The van der Waals surface area contributed by atoms with Crippen LogP contribution in [0.4, 0.5) is 11.4 Å². The molecule has 2 rings (SSSR count). The van der Waals surface area contributed by atoms with E-state index >= 15 is 0 Å². The van der Waals surface area contributed by atoms with Gasteiger partial charge in [0.25, 0.3) is 0 Å². The third-order valence-electron chi connectivity index (χ3n) is 5.24. The molecule has 1 aliphatic heterocycles. The molecule has 1 aliphatic rings. The number of nitrogens with zero attached hydrogens (tertiary/aromatic N) is 3. The minimum Gasteiger partial charge on any atom is -0.372 e. The van der Waals surface area contributed by atoms with Crippen LogP contribution in [0.1, 0.15) is 39.5 Å². The van der Waals surface area contributed by atoms with E-state index in [1.165, 1.54) is 17.1 Å². The second-order valence-electron chi connectivity index (χ2n) is 7.62. The van der Waals surface area contributed by atoms with Gasteiger partial charge in [-0.05, 0) is 49.4 Å². The third-order valence-corrected chi connectivity index (χ3v) is 6.38. The molecule has 7 heteroatoms. The maximum atomic E-state index is 12.4. The highest BCUT2D eigenvalue weighted by Gasteiger charge is 2.23. The van der Waals surface area contributed by atoms with Gasteiger partial charge in [0.05, 0.1) is 11.9 Å². The van der Waals surface area contributed by atoms with Crippen molar-refractivity contribution in [1.82, 2.24) is 4.90 Å². The lowest BCUT2D eigenvalue weighted by molar-refractivity contribution is -0.128. The molecule has 1 saturated heterocycles. The van der Waals surface area contributed by atoms with Crippen molar-refractivity contribution in [3.05, 3.63) is 24.3 Å². The van der Waals surface area contributed by atoms with E-state index in [1.807, 2.05) is 12.1 Å². The fourth-order valence-corrected chi connectivity index (χ4v) is 4.11. The standard InChI is InChI=1S/C20H33N3O3S/c1-5-6-13-21(3)20(24)16-23(27(4,25)26)19-9-7-18(8-10-19)22-14-11-17(2)12-15-22/h7-10,17H,5-6,11-16H2,1-4H3. The summed E-state index contributed by atoms with van der Waals surface area (Å²) in [7, 11) is -1.82. The van der Waals surface area contributed by atoms with Crippen molar-refractivity contribution < 1.29 is 13.2 Å². The van der Waals surface area contributed by atoms with Gasteiger partial charge in [-0.1, -0.05) is 20.3 Å². The Kier molecular flexibility index (Phi) is 7.53. The van der Waals surface area contributed by atoms with E-state index in [0.717, 1.165) is 43.8 Å². The fraction of sp³-hybridized carbons (Fsp3) is 0.650. The van der Waals surface area contributed by atoms with Crippen LogP contribution in [-0.4, -0.2) is 58.7 Å². The van der Waals surface area contributed by atoms with Gasteiger partial charge in [-0.15, -0.1) is 0 Å². The van der Waals surface area contributed by atoms with E-state index in [1.54, 1.807) is 24.1 Å². The zero-order valence-electron chi connectivity index (χ0n) is 17.0. The van der Waals surface area contributed by atoms with Crippen molar-refractivity contribution in [3.8, 4) is 0 Å². The van der Waals surface area contributed by atoms with Gasteiger partial charge in [0.15, 0.2) is 0 Å². The molecule has 0 aromatic heterocycles. The zero-order valence-corrected chi connectivity index (χ0v) is 17.8. The summed E-state index contributed by atoms with van der Waals surface area (Å²) < 4.78 is 25.7.